The second-order valence-electron chi connectivity index (χ2n) is 4.59. The number of nitriles is 1. The maximum Gasteiger partial charge on any atom is 0.241 e. The second kappa shape index (κ2) is 6.64. The molecule has 0 spiro atoms. The number of likely N-dealkylation sites (N-methyl/N-ethyl adjacent to an activating group) is 1. The molecule has 0 atom stereocenters. The fraction of sp³-hybridized carbons (Fsp3) is 0.429. The fourth-order valence-corrected chi connectivity index (χ4v) is 1.71. The summed E-state index contributed by atoms with van der Waals surface area (Å²) in [7, 11) is 3.46. The van der Waals surface area contributed by atoms with Crippen molar-refractivity contribution in [2.45, 2.75) is 13.3 Å². The van der Waals surface area contributed by atoms with E-state index in [-0.39, 0.29) is 5.91 Å². The summed E-state index contributed by atoms with van der Waals surface area (Å²) in [6.45, 7) is 3.11. The number of hydrogen-bond acceptors (Lipinski definition) is 4. The molecule has 5 nitrogen and oxygen atoms in total. The molecule has 0 aliphatic rings. The summed E-state index contributed by atoms with van der Waals surface area (Å²) in [6.07, 6.45) is 0.924. The number of benzene rings is 1. The van der Waals surface area contributed by atoms with Gasteiger partial charge in [-0.3, -0.25) is 4.79 Å². The van der Waals surface area contributed by atoms with Crippen molar-refractivity contribution in [2.24, 2.45) is 0 Å². The van der Waals surface area contributed by atoms with Crippen LogP contribution in [-0.4, -0.2) is 38.0 Å². The Bertz CT molecular complexity index is 491. The molecule has 1 amide bonds. The molecule has 0 saturated carbocycles. The van der Waals surface area contributed by atoms with E-state index in [4.69, 9.17) is 11.0 Å². The van der Waals surface area contributed by atoms with Crippen LogP contribution < -0.4 is 10.6 Å². The van der Waals surface area contributed by atoms with Gasteiger partial charge in [-0.15, -0.1) is 0 Å². The maximum atomic E-state index is 11.8. The van der Waals surface area contributed by atoms with Gasteiger partial charge in [0.15, 0.2) is 0 Å². The van der Waals surface area contributed by atoms with Crippen LogP contribution in [0.4, 0.5) is 11.4 Å². The zero-order valence-electron chi connectivity index (χ0n) is 11.7. The number of nitrogens with two attached hydrogens (primary N) is 1. The first-order valence-corrected chi connectivity index (χ1v) is 6.24. The first kappa shape index (κ1) is 14.8. The number of amides is 1. The Hall–Kier alpha value is -2.22. The largest absolute Gasteiger partial charge is 0.398 e. The molecular formula is C14H20N4O. The van der Waals surface area contributed by atoms with Gasteiger partial charge < -0.3 is 15.5 Å². The lowest BCUT2D eigenvalue weighted by Crippen LogP contribution is -2.37. The van der Waals surface area contributed by atoms with E-state index in [9.17, 15) is 4.79 Å². The van der Waals surface area contributed by atoms with Crippen molar-refractivity contribution < 1.29 is 4.79 Å². The minimum Gasteiger partial charge on any atom is -0.398 e. The average Bonchev–Trinajstić information content (AvgIpc) is 2.38. The van der Waals surface area contributed by atoms with Gasteiger partial charge in [-0.25, -0.2) is 0 Å². The van der Waals surface area contributed by atoms with Crippen molar-refractivity contribution in [1.82, 2.24) is 4.90 Å². The summed E-state index contributed by atoms with van der Waals surface area (Å²) < 4.78 is 0. The third-order valence-electron chi connectivity index (χ3n) is 2.84. The van der Waals surface area contributed by atoms with Crippen molar-refractivity contribution in [3.05, 3.63) is 23.8 Å². The fourth-order valence-electron chi connectivity index (χ4n) is 1.71. The normalized spacial score (nSPS) is 9.79. The molecule has 0 saturated heterocycles. The van der Waals surface area contributed by atoms with E-state index >= 15 is 0 Å². The Labute approximate surface area is 114 Å². The SMILES string of the molecule is CCCN(CC(=O)N(C)C)c1ccc(N)c(C#N)c1. The van der Waals surface area contributed by atoms with Gasteiger partial charge in [0.1, 0.15) is 6.07 Å². The Morgan fingerprint density at radius 2 is 2.11 bits per heavy atom. The Kier molecular flexibility index (Phi) is 5.19. The van der Waals surface area contributed by atoms with Gasteiger partial charge in [0.25, 0.3) is 0 Å². The van der Waals surface area contributed by atoms with Crippen LogP contribution in [0.1, 0.15) is 18.9 Å². The first-order chi connectivity index (χ1) is 8.99. The van der Waals surface area contributed by atoms with Crippen LogP contribution in [0.3, 0.4) is 0 Å². The van der Waals surface area contributed by atoms with Crippen molar-refractivity contribution in [2.75, 3.05) is 37.8 Å². The van der Waals surface area contributed by atoms with E-state index in [2.05, 4.69) is 13.0 Å². The third kappa shape index (κ3) is 3.88. The highest BCUT2D eigenvalue weighted by atomic mass is 16.2. The van der Waals surface area contributed by atoms with Crippen LogP contribution >= 0.6 is 0 Å². The summed E-state index contributed by atoms with van der Waals surface area (Å²) in [4.78, 5) is 15.3. The van der Waals surface area contributed by atoms with E-state index in [1.165, 1.54) is 0 Å². The number of hydrogen-bond donors (Lipinski definition) is 1. The van der Waals surface area contributed by atoms with E-state index in [0.29, 0.717) is 17.8 Å². The van der Waals surface area contributed by atoms with Crippen LogP contribution in [0.25, 0.3) is 0 Å². The molecule has 1 rings (SSSR count). The average molecular weight is 260 g/mol. The third-order valence-corrected chi connectivity index (χ3v) is 2.84. The summed E-state index contributed by atoms with van der Waals surface area (Å²) in [5.41, 5.74) is 7.46. The molecule has 19 heavy (non-hydrogen) atoms. The van der Waals surface area contributed by atoms with Crippen LogP contribution in [0.2, 0.25) is 0 Å². The molecule has 2 N–H and O–H groups in total. The number of carbonyl (C=O) groups excluding carboxylic acids is 1. The van der Waals surface area contributed by atoms with Crippen LogP contribution in [0.15, 0.2) is 18.2 Å². The van der Waals surface area contributed by atoms with Gasteiger partial charge in [0, 0.05) is 32.0 Å². The lowest BCUT2D eigenvalue weighted by molar-refractivity contribution is -0.127. The Balaban J connectivity index is 2.99. The van der Waals surface area contributed by atoms with Gasteiger partial charge in [0.2, 0.25) is 5.91 Å². The predicted octanol–water partition coefficient (Wildman–Crippen LogP) is 1.45. The van der Waals surface area contributed by atoms with Crippen molar-refractivity contribution >= 4 is 17.3 Å². The van der Waals surface area contributed by atoms with Crippen LogP contribution in [0.5, 0.6) is 0 Å². The first-order valence-electron chi connectivity index (χ1n) is 6.24. The zero-order chi connectivity index (χ0) is 14.4. The number of rotatable bonds is 5. The number of carbonyl (C=O) groups is 1. The van der Waals surface area contributed by atoms with E-state index < -0.39 is 0 Å². The van der Waals surface area contributed by atoms with Gasteiger partial charge in [-0.05, 0) is 24.6 Å². The zero-order valence-corrected chi connectivity index (χ0v) is 11.7. The lowest BCUT2D eigenvalue weighted by atomic mass is 10.1. The lowest BCUT2D eigenvalue weighted by Gasteiger charge is -2.25. The molecule has 0 bridgehead atoms. The molecule has 0 aromatic heterocycles. The van der Waals surface area contributed by atoms with Gasteiger partial charge in [0.05, 0.1) is 12.1 Å². The second-order valence-corrected chi connectivity index (χ2v) is 4.59. The topological polar surface area (TPSA) is 73.4 Å². The highest BCUT2D eigenvalue weighted by molar-refractivity contribution is 5.81. The number of nitrogens with zero attached hydrogens (tertiary/aromatic N) is 3. The predicted molar refractivity (Wildman–Crippen MR) is 76.8 cm³/mol. The Morgan fingerprint density at radius 1 is 1.42 bits per heavy atom. The van der Waals surface area contributed by atoms with Crippen molar-refractivity contribution in [1.29, 1.82) is 5.26 Å². The molecule has 0 heterocycles. The molecule has 0 unspecified atom stereocenters. The van der Waals surface area contributed by atoms with Gasteiger partial charge in [-0.2, -0.15) is 5.26 Å². The quantitative estimate of drug-likeness (QED) is 0.813. The van der Waals surface area contributed by atoms with Crippen LogP contribution in [0, 0.1) is 11.3 Å². The monoisotopic (exact) mass is 260 g/mol. The minimum atomic E-state index is 0.0313. The summed E-state index contributed by atoms with van der Waals surface area (Å²) in [5.74, 6) is 0.0313. The molecule has 1 aromatic rings. The van der Waals surface area contributed by atoms with Crippen molar-refractivity contribution in [3.8, 4) is 6.07 Å². The minimum absolute atomic E-state index is 0.0313. The van der Waals surface area contributed by atoms with Crippen molar-refractivity contribution in [3.63, 3.8) is 0 Å². The standard InChI is InChI=1S/C14H20N4O/c1-4-7-18(10-14(19)17(2)3)12-5-6-13(16)11(8-12)9-15/h5-6,8H,4,7,10,16H2,1-3H3. The summed E-state index contributed by atoms with van der Waals surface area (Å²) >= 11 is 0. The molecular weight excluding hydrogens is 240 g/mol. The van der Waals surface area contributed by atoms with E-state index in [0.717, 1.165) is 18.7 Å². The number of anilines is 2. The van der Waals surface area contributed by atoms with Gasteiger partial charge >= 0.3 is 0 Å². The molecule has 0 aliphatic heterocycles. The molecule has 0 radical (unpaired) electrons. The summed E-state index contributed by atoms with van der Waals surface area (Å²) in [6, 6.07) is 7.34. The van der Waals surface area contributed by atoms with E-state index in [1.807, 2.05) is 11.0 Å². The van der Waals surface area contributed by atoms with E-state index in [1.54, 1.807) is 31.1 Å². The smallest absolute Gasteiger partial charge is 0.241 e. The molecule has 0 aliphatic carbocycles. The Morgan fingerprint density at radius 3 is 2.63 bits per heavy atom. The highest BCUT2D eigenvalue weighted by Crippen LogP contribution is 2.21. The maximum absolute atomic E-state index is 11.8. The number of nitrogen functional groups attached to an aromatic ring is 1. The highest BCUT2D eigenvalue weighted by Gasteiger charge is 2.13. The van der Waals surface area contributed by atoms with Crippen LogP contribution in [-0.2, 0) is 4.79 Å². The summed E-state index contributed by atoms with van der Waals surface area (Å²) in [5, 5.41) is 9.00. The molecule has 102 valence electrons. The molecule has 5 heteroatoms. The van der Waals surface area contributed by atoms with Gasteiger partial charge in [-0.1, -0.05) is 6.92 Å². The molecule has 1 aromatic carbocycles. The molecule has 0 fully saturated rings.